The van der Waals surface area contributed by atoms with E-state index in [1.54, 1.807) is 6.07 Å². The Kier molecular flexibility index (Phi) is 3.78. The second kappa shape index (κ2) is 5.02. The Hall–Kier alpha value is -0.870. The summed E-state index contributed by atoms with van der Waals surface area (Å²) in [6.07, 6.45) is 1.12. The van der Waals surface area contributed by atoms with E-state index in [2.05, 4.69) is 48.2 Å². The number of aromatic nitrogens is 2. The Morgan fingerprint density at radius 2 is 2.11 bits per heavy atom. The lowest BCUT2D eigenvalue weighted by atomic mass is 9.77. The van der Waals surface area contributed by atoms with Gasteiger partial charge >= 0.3 is 0 Å². The lowest BCUT2D eigenvalue weighted by Crippen LogP contribution is -2.57. The highest BCUT2D eigenvalue weighted by Crippen LogP contribution is 2.33. The maximum absolute atomic E-state index is 5.74. The molecule has 1 fully saturated rings. The fraction of sp³-hybridized carbons (Fsp3) is 0.692. The zero-order valence-corrected chi connectivity index (χ0v) is 12.2. The fourth-order valence-electron chi connectivity index (χ4n) is 2.49. The molecule has 2 unspecified atom stereocenters. The molecule has 1 aromatic heterocycles. The van der Waals surface area contributed by atoms with Crippen LogP contribution in [0, 0.1) is 5.92 Å². The van der Waals surface area contributed by atoms with Crippen LogP contribution in [0.4, 0.5) is 5.82 Å². The highest BCUT2D eigenvalue weighted by atomic mass is 35.5. The highest BCUT2D eigenvalue weighted by molar-refractivity contribution is 6.29. The number of likely N-dealkylation sites (tertiary alicyclic amines) is 1. The third-order valence-electron chi connectivity index (χ3n) is 4.44. The lowest BCUT2D eigenvalue weighted by Gasteiger charge is -2.49. The zero-order valence-electron chi connectivity index (χ0n) is 11.4. The maximum atomic E-state index is 5.74. The van der Waals surface area contributed by atoms with Gasteiger partial charge in [0.15, 0.2) is 5.15 Å². The molecule has 18 heavy (non-hydrogen) atoms. The first-order chi connectivity index (χ1) is 8.41. The minimum Gasteiger partial charge on any atom is -0.365 e. The van der Waals surface area contributed by atoms with Crippen molar-refractivity contribution in [3.63, 3.8) is 0 Å². The molecule has 0 aliphatic carbocycles. The van der Waals surface area contributed by atoms with Crippen molar-refractivity contribution in [2.75, 3.05) is 18.9 Å². The number of hydrogen-bond donors (Lipinski definition) is 1. The van der Waals surface area contributed by atoms with Crippen molar-refractivity contribution in [3.05, 3.63) is 17.3 Å². The molecule has 0 spiro atoms. The molecule has 0 bridgehead atoms. The van der Waals surface area contributed by atoms with Gasteiger partial charge in [-0.1, -0.05) is 18.5 Å². The Morgan fingerprint density at radius 1 is 1.39 bits per heavy atom. The normalized spacial score (nSPS) is 28.1. The van der Waals surface area contributed by atoms with E-state index in [-0.39, 0.29) is 5.54 Å². The van der Waals surface area contributed by atoms with E-state index in [0.717, 1.165) is 18.8 Å². The molecule has 2 atom stereocenters. The summed E-state index contributed by atoms with van der Waals surface area (Å²) in [5.41, 5.74) is 0.190. The first-order valence-electron chi connectivity index (χ1n) is 6.38. The molecule has 1 aliphatic rings. The molecule has 100 valence electrons. The van der Waals surface area contributed by atoms with Gasteiger partial charge in [0, 0.05) is 18.1 Å². The summed E-state index contributed by atoms with van der Waals surface area (Å²) in [7, 11) is 2.19. The Bertz CT molecular complexity index is 404. The summed E-state index contributed by atoms with van der Waals surface area (Å²) in [5.74, 6) is 1.34. The number of rotatable bonds is 2. The number of nitrogens with one attached hydrogen (secondary N) is 1. The number of anilines is 1. The third-order valence-corrected chi connectivity index (χ3v) is 4.64. The molecular weight excluding hydrogens is 248 g/mol. The van der Waals surface area contributed by atoms with Crippen LogP contribution in [-0.2, 0) is 0 Å². The monoisotopic (exact) mass is 268 g/mol. The van der Waals surface area contributed by atoms with Crippen molar-refractivity contribution in [3.8, 4) is 0 Å². The summed E-state index contributed by atoms with van der Waals surface area (Å²) in [6, 6.07) is 4.07. The third kappa shape index (κ3) is 2.59. The average molecular weight is 269 g/mol. The molecule has 4 nitrogen and oxygen atoms in total. The lowest BCUT2D eigenvalue weighted by molar-refractivity contribution is 0.0458. The molecule has 0 radical (unpaired) electrons. The molecule has 1 aromatic rings. The van der Waals surface area contributed by atoms with Crippen LogP contribution >= 0.6 is 11.6 Å². The van der Waals surface area contributed by atoms with E-state index in [1.165, 1.54) is 0 Å². The Labute approximate surface area is 114 Å². The summed E-state index contributed by atoms with van der Waals surface area (Å²) in [5, 5.41) is 11.8. The van der Waals surface area contributed by atoms with E-state index in [4.69, 9.17) is 11.6 Å². The van der Waals surface area contributed by atoms with Gasteiger partial charge < -0.3 is 10.2 Å². The summed E-state index contributed by atoms with van der Waals surface area (Å²) < 4.78 is 0. The van der Waals surface area contributed by atoms with Crippen LogP contribution < -0.4 is 5.32 Å². The number of nitrogens with zero attached hydrogens (tertiary/aromatic N) is 3. The number of piperidine rings is 1. The molecule has 2 rings (SSSR count). The predicted molar refractivity (Wildman–Crippen MR) is 74.9 cm³/mol. The van der Waals surface area contributed by atoms with E-state index in [9.17, 15) is 0 Å². The van der Waals surface area contributed by atoms with Gasteiger partial charge in [-0.3, -0.25) is 0 Å². The van der Waals surface area contributed by atoms with Crippen molar-refractivity contribution in [2.24, 2.45) is 5.92 Å². The molecule has 1 aliphatic heterocycles. The molecule has 0 amide bonds. The van der Waals surface area contributed by atoms with E-state index >= 15 is 0 Å². The molecule has 5 heteroatoms. The van der Waals surface area contributed by atoms with Gasteiger partial charge in [-0.05, 0) is 45.4 Å². The first kappa shape index (κ1) is 13.6. The number of hydrogen-bond acceptors (Lipinski definition) is 4. The first-order valence-corrected chi connectivity index (χ1v) is 6.76. The smallest absolute Gasteiger partial charge is 0.151 e. The topological polar surface area (TPSA) is 41.1 Å². The van der Waals surface area contributed by atoms with Crippen molar-refractivity contribution >= 4 is 17.4 Å². The van der Waals surface area contributed by atoms with Crippen LogP contribution in [-0.4, -0.2) is 40.3 Å². The molecule has 1 saturated heterocycles. The summed E-state index contributed by atoms with van der Waals surface area (Å²) >= 11 is 5.74. The predicted octanol–water partition coefficient (Wildman–Crippen LogP) is 2.66. The second-order valence-electron chi connectivity index (χ2n) is 5.64. The summed E-state index contributed by atoms with van der Waals surface area (Å²) in [4.78, 5) is 2.42. The fourth-order valence-corrected chi connectivity index (χ4v) is 2.59. The molecule has 0 aromatic carbocycles. The van der Waals surface area contributed by atoms with Crippen LogP contribution in [0.1, 0.15) is 27.2 Å². The van der Waals surface area contributed by atoms with Crippen molar-refractivity contribution in [2.45, 2.75) is 38.8 Å². The van der Waals surface area contributed by atoms with Crippen LogP contribution in [0.3, 0.4) is 0 Å². The van der Waals surface area contributed by atoms with Crippen LogP contribution in [0.5, 0.6) is 0 Å². The van der Waals surface area contributed by atoms with Crippen molar-refractivity contribution in [1.29, 1.82) is 0 Å². The van der Waals surface area contributed by atoms with Gasteiger partial charge in [-0.25, -0.2) is 0 Å². The van der Waals surface area contributed by atoms with Gasteiger partial charge in [0.2, 0.25) is 0 Å². The van der Waals surface area contributed by atoms with E-state index < -0.39 is 0 Å². The average Bonchev–Trinajstić information content (AvgIpc) is 2.33. The molecule has 1 N–H and O–H groups in total. The van der Waals surface area contributed by atoms with Crippen molar-refractivity contribution in [1.82, 2.24) is 15.1 Å². The van der Waals surface area contributed by atoms with Crippen LogP contribution in [0.2, 0.25) is 5.15 Å². The minimum atomic E-state index is 0.190. The van der Waals surface area contributed by atoms with E-state index in [0.29, 0.717) is 17.1 Å². The van der Waals surface area contributed by atoms with Crippen LogP contribution in [0.25, 0.3) is 0 Å². The SMILES string of the molecule is CC1C(Nc2ccc(Cl)nn2)CCN(C)C1(C)C. The minimum absolute atomic E-state index is 0.190. The van der Waals surface area contributed by atoms with Crippen LogP contribution in [0.15, 0.2) is 12.1 Å². The molecule has 0 saturated carbocycles. The van der Waals surface area contributed by atoms with Gasteiger partial charge in [0.1, 0.15) is 5.82 Å². The van der Waals surface area contributed by atoms with E-state index in [1.807, 2.05) is 6.07 Å². The van der Waals surface area contributed by atoms with Gasteiger partial charge in [-0.2, -0.15) is 0 Å². The van der Waals surface area contributed by atoms with Gasteiger partial charge in [0.05, 0.1) is 0 Å². The zero-order chi connectivity index (χ0) is 13.3. The standard InChI is InChI=1S/C13H21ClN4/c1-9-10(7-8-18(4)13(9,2)3)15-12-6-5-11(14)16-17-12/h5-6,9-10H,7-8H2,1-4H3,(H,15,17). The number of halogens is 1. The largest absolute Gasteiger partial charge is 0.365 e. The van der Waals surface area contributed by atoms with Gasteiger partial charge in [0.25, 0.3) is 0 Å². The quantitative estimate of drug-likeness (QED) is 0.895. The van der Waals surface area contributed by atoms with Crippen molar-refractivity contribution < 1.29 is 0 Å². The summed E-state index contributed by atoms with van der Waals surface area (Å²) in [6.45, 7) is 7.96. The molecule has 2 heterocycles. The maximum Gasteiger partial charge on any atom is 0.151 e. The second-order valence-corrected chi connectivity index (χ2v) is 6.03. The van der Waals surface area contributed by atoms with Gasteiger partial charge in [-0.15, -0.1) is 10.2 Å². The molecular formula is C13H21ClN4. The Balaban J connectivity index is 2.08. The Morgan fingerprint density at radius 3 is 2.72 bits per heavy atom. The highest BCUT2D eigenvalue weighted by Gasteiger charge is 2.39.